The molecule has 0 amide bonds. The van der Waals surface area contributed by atoms with E-state index in [0.717, 1.165) is 0 Å². The van der Waals surface area contributed by atoms with E-state index in [2.05, 4.69) is 4.72 Å². The van der Waals surface area contributed by atoms with Gasteiger partial charge in [-0.3, -0.25) is 4.72 Å². The second kappa shape index (κ2) is 6.29. The number of carbonyl (C=O) groups is 1. The number of nitrogens with one attached hydrogen (secondary N) is 1. The second-order valence-electron chi connectivity index (χ2n) is 5.70. The number of sulfonamides is 1. The number of benzene rings is 2. The lowest BCUT2D eigenvalue weighted by molar-refractivity contribution is 0.0696. The number of hydrogen-bond donors (Lipinski definition) is 2. The normalized spacial score (nSPS) is 13.4. The molecule has 132 valence electrons. The van der Waals surface area contributed by atoms with E-state index in [4.69, 9.17) is 9.47 Å². The zero-order valence-corrected chi connectivity index (χ0v) is 14.5. The van der Waals surface area contributed by atoms with E-state index in [1.165, 1.54) is 12.1 Å². The van der Waals surface area contributed by atoms with Crippen molar-refractivity contribution in [2.45, 2.75) is 18.7 Å². The predicted octanol–water partition coefficient (Wildman–Crippen LogP) is 2.57. The standard InChI is InChI=1S/C17H17NO6S/c1-10-7-11(2)16(9-13(10)17(19)20)25(21,22)18-12-3-4-14-15(8-12)24-6-5-23-14/h3-4,7-9,18H,5-6H2,1-2H3,(H,19,20). The molecule has 1 aliphatic heterocycles. The molecule has 0 aromatic heterocycles. The Morgan fingerprint density at radius 3 is 2.40 bits per heavy atom. The Balaban J connectivity index is 1.97. The molecule has 0 aliphatic carbocycles. The Bertz CT molecular complexity index is 952. The van der Waals surface area contributed by atoms with Crippen molar-refractivity contribution in [3.05, 3.63) is 47.0 Å². The average Bonchev–Trinajstić information content (AvgIpc) is 2.53. The quantitative estimate of drug-likeness (QED) is 0.866. The minimum absolute atomic E-state index is 0.0480. The molecule has 2 aromatic carbocycles. The van der Waals surface area contributed by atoms with Gasteiger partial charge in [-0.2, -0.15) is 0 Å². The van der Waals surface area contributed by atoms with Crippen LogP contribution in [0.1, 0.15) is 21.5 Å². The Morgan fingerprint density at radius 2 is 1.72 bits per heavy atom. The molecule has 0 saturated carbocycles. The first-order valence-electron chi connectivity index (χ1n) is 7.55. The first-order valence-corrected chi connectivity index (χ1v) is 9.03. The van der Waals surface area contributed by atoms with Gasteiger partial charge in [0.1, 0.15) is 13.2 Å². The molecular weight excluding hydrogens is 346 g/mol. The minimum Gasteiger partial charge on any atom is -0.486 e. The van der Waals surface area contributed by atoms with Crippen LogP contribution >= 0.6 is 0 Å². The molecule has 1 aliphatic rings. The number of aryl methyl sites for hydroxylation is 2. The molecule has 0 fully saturated rings. The van der Waals surface area contributed by atoms with Crippen LogP contribution in [0.2, 0.25) is 0 Å². The summed E-state index contributed by atoms with van der Waals surface area (Å²) >= 11 is 0. The number of carboxylic acid groups (broad SMARTS) is 1. The third-order valence-corrected chi connectivity index (χ3v) is 5.36. The maximum absolute atomic E-state index is 12.7. The van der Waals surface area contributed by atoms with Gasteiger partial charge < -0.3 is 14.6 Å². The van der Waals surface area contributed by atoms with Gasteiger partial charge >= 0.3 is 5.97 Å². The van der Waals surface area contributed by atoms with Crippen molar-refractivity contribution in [1.82, 2.24) is 0 Å². The first kappa shape index (κ1) is 17.1. The molecule has 0 saturated heterocycles. The average molecular weight is 363 g/mol. The van der Waals surface area contributed by atoms with Crippen LogP contribution in [0.15, 0.2) is 35.2 Å². The number of anilines is 1. The monoisotopic (exact) mass is 363 g/mol. The maximum Gasteiger partial charge on any atom is 0.335 e. The fraction of sp³-hybridized carbons (Fsp3) is 0.235. The number of ether oxygens (including phenoxy) is 2. The van der Waals surface area contributed by atoms with Crippen molar-refractivity contribution in [1.29, 1.82) is 0 Å². The smallest absolute Gasteiger partial charge is 0.335 e. The summed E-state index contributed by atoms with van der Waals surface area (Å²) in [5.41, 5.74) is 1.23. The SMILES string of the molecule is Cc1cc(C)c(S(=O)(=O)Nc2ccc3c(c2)OCCO3)cc1C(=O)O. The number of fused-ring (bicyclic) bond motifs is 1. The second-order valence-corrected chi connectivity index (χ2v) is 7.35. The van der Waals surface area contributed by atoms with E-state index in [-0.39, 0.29) is 10.5 Å². The predicted molar refractivity (Wildman–Crippen MR) is 91.1 cm³/mol. The van der Waals surface area contributed by atoms with Gasteiger partial charge in [0.25, 0.3) is 10.0 Å². The van der Waals surface area contributed by atoms with Crippen molar-refractivity contribution < 1.29 is 27.8 Å². The molecule has 3 rings (SSSR count). The molecule has 0 spiro atoms. The molecule has 2 aromatic rings. The number of carboxylic acids is 1. The fourth-order valence-corrected chi connectivity index (χ4v) is 3.97. The van der Waals surface area contributed by atoms with Gasteiger partial charge in [-0.1, -0.05) is 6.07 Å². The highest BCUT2D eigenvalue weighted by atomic mass is 32.2. The van der Waals surface area contributed by atoms with Crippen LogP contribution in [0.4, 0.5) is 5.69 Å². The molecule has 25 heavy (non-hydrogen) atoms. The lowest BCUT2D eigenvalue weighted by atomic mass is 10.1. The van der Waals surface area contributed by atoms with Crippen LogP contribution in [-0.2, 0) is 10.0 Å². The van der Waals surface area contributed by atoms with E-state index in [0.29, 0.717) is 41.5 Å². The van der Waals surface area contributed by atoms with Crippen LogP contribution in [0, 0.1) is 13.8 Å². The number of rotatable bonds is 4. The van der Waals surface area contributed by atoms with Crippen LogP contribution in [0.25, 0.3) is 0 Å². The van der Waals surface area contributed by atoms with Gasteiger partial charge in [0.15, 0.2) is 11.5 Å². The summed E-state index contributed by atoms with van der Waals surface area (Å²) in [6, 6.07) is 7.44. The summed E-state index contributed by atoms with van der Waals surface area (Å²) < 4.78 is 38.7. The Morgan fingerprint density at radius 1 is 1.04 bits per heavy atom. The molecule has 7 nitrogen and oxygen atoms in total. The summed E-state index contributed by atoms with van der Waals surface area (Å²) in [6.45, 7) is 4.08. The van der Waals surface area contributed by atoms with Gasteiger partial charge in [-0.15, -0.1) is 0 Å². The lowest BCUT2D eigenvalue weighted by Crippen LogP contribution is -2.17. The summed E-state index contributed by atoms with van der Waals surface area (Å²) in [5.74, 6) is -0.166. The van der Waals surface area contributed by atoms with E-state index in [9.17, 15) is 18.3 Å². The van der Waals surface area contributed by atoms with Crippen LogP contribution in [0.3, 0.4) is 0 Å². The topological polar surface area (TPSA) is 102 Å². The van der Waals surface area contributed by atoms with Crippen molar-refractivity contribution >= 4 is 21.7 Å². The summed E-state index contributed by atoms with van der Waals surface area (Å²) in [4.78, 5) is 11.2. The first-order chi connectivity index (χ1) is 11.8. The Hall–Kier alpha value is -2.74. The highest BCUT2D eigenvalue weighted by Gasteiger charge is 2.22. The van der Waals surface area contributed by atoms with Crippen molar-refractivity contribution in [3.8, 4) is 11.5 Å². The van der Waals surface area contributed by atoms with Crippen molar-refractivity contribution in [2.75, 3.05) is 17.9 Å². The molecule has 2 N–H and O–H groups in total. The zero-order chi connectivity index (χ0) is 18.2. The lowest BCUT2D eigenvalue weighted by Gasteiger charge is -2.19. The molecule has 8 heteroatoms. The van der Waals surface area contributed by atoms with E-state index in [1.54, 1.807) is 32.0 Å². The van der Waals surface area contributed by atoms with Gasteiger partial charge in [-0.25, -0.2) is 13.2 Å². The largest absolute Gasteiger partial charge is 0.486 e. The summed E-state index contributed by atoms with van der Waals surface area (Å²) in [7, 11) is -3.95. The Labute approximate surface area is 145 Å². The fourth-order valence-electron chi connectivity index (χ4n) is 2.67. The highest BCUT2D eigenvalue weighted by molar-refractivity contribution is 7.92. The van der Waals surface area contributed by atoms with Crippen LogP contribution in [-0.4, -0.2) is 32.7 Å². The van der Waals surface area contributed by atoms with E-state index in [1.807, 2.05) is 0 Å². The molecular formula is C17H17NO6S. The minimum atomic E-state index is -3.95. The third kappa shape index (κ3) is 3.39. The van der Waals surface area contributed by atoms with Gasteiger partial charge in [0, 0.05) is 6.07 Å². The molecule has 0 unspecified atom stereocenters. The zero-order valence-electron chi connectivity index (χ0n) is 13.7. The van der Waals surface area contributed by atoms with Crippen molar-refractivity contribution in [3.63, 3.8) is 0 Å². The van der Waals surface area contributed by atoms with E-state index < -0.39 is 16.0 Å². The van der Waals surface area contributed by atoms with Crippen LogP contribution in [0.5, 0.6) is 11.5 Å². The maximum atomic E-state index is 12.7. The number of aromatic carboxylic acids is 1. The molecule has 1 heterocycles. The summed E-state index contributed by atoms with van der Waals surface area (Å²) in [6.07, 6.45) is 0. The van der Waals surface area contributed by atoms with Gasteiger partial charge in [0.2, 0.25) is 0 Å². The third-order valence-electron chi connectivity index (χ3n) is 3.84. The van der Waals surface area contributed by atoms with E-state index >= 15 is 0 Å². The molecule has 0 bridgehead atoms. The van der Waals surface area contributed by atoms with Gasteiger partial charge in [0.05, 0.1) is 16.1 Å². The van der Waals surface area contributed by atoms with Gasteiger partial charge in [-0.05, 0) is 43.2 Å². The highest BCUT2D eigenvalue weighted by Crippen LogP contribution is 2.33. The Kier molecular flexibility index (Phi) is 4.30. The molecule has 0 radical (unpaired) electrons. The number of hydrogen-bond acceptors (Lipinski definition) is 5. The van der Waals surface area contributed by atoms with Crippen LogP contribution < -0.4 is 14.2 Å². The molecule has 0 atom stereocenters. The van der Waals surface area contributed by atoms with Crippen molar-refractivity contribution in [2.24, 2.45) is 0 Å². The summed E-state index contributed by atoms with van der Waals surface area (Å²) in [5, 5.41) is 9.22.